The topological polar surface area (TPSA) is 42.7 Å². The summed E-state index contributed by atoms with van der Waals surface area (Å²) in [5.74, 6) is -0.463. The molecule has 0 spiro atoms. The molecule has 2 aromatic carbocycles. The van der Waals surface area contributed by atoms with E-state index in [0.29, 0.717) is 25.3 Å². The molecule has 0 bridgehead atoms. The van der Waals surface area contributed by atoms with Crippen molar-refractivity contribution in [3.05, 3.63) is 71.2 Å². The van der Waals surface area contributed by atoms with Crippen LogP contribution >= 0.6 is 0 Å². The predicted molar refractivity (Wildman–Crippen MR) is 93.7 cm³/mol. The van der Waals surface area contributed by atoms with Crippen LogP contribution in [0.15, 0.2) is 52.9 Å². The van der Waals surface area contributed by atoms with Crippen LogP contribution in [0, 0.1) is 5.82 Å². The van der Waals surface area contributed by atoms with Gasteiger partial charge in [-0.25, -0.2) is 9.18 Å². The molecule has 0 saturated carbocycles. The number of esters is 1. The molecule has 0 N–H and O–H groups in total. The van der Waals surface area contributed by atoms with E-state index in [4.69, 9.17) is 9.15 Å². The highest BCUT2D eigenvalue weighted by Crippen LogP contribution is 2.28. The summed E-state index contributed by atoms with van der Waals surface area (Å²) in [7, 11) is 1.94. The zero-order valence-electron chi connectivity index (χ0n) is 14.3. The third kappa shape index (κ3) is 3.88. The highest BCUT2D eigenvalue weighted by Gasteiger charge is 2.22. The Bertz CT molecular complexity index is 870. The number of hydrogen-bond acceptors (Lipinski definition) is 4. The van der Waals surface area contributed by atoms with E-state index in [1.807, 2.05) is 36.2 Å². The highest BCUT2D eigenvalue weighted by molar-refractivity contribution is 5.96. The van der Waals surface area contributed by atoms with E-state index in [2.05, 4.69) is 0 Å². The minimum Gasteiger partial charge on any atom is -0.460 e. The van der Waals surface area contributed by atoms with Crippen LogP contribution in [0.5, 0.6) is 0 Å². The van der Waals surface area contributed by atoms with E-state index in [9.17, 15) is 9.18 Å². The summed E-state index contributed by atoms with van der Waals surface area (Å²) < 4.78 is 23.9. The van der Waals surface area contributed by atoms with Crippen LogP contribution in [-0.4, -0.2) is 24.5 Å². The fourth-order valence-electron chi connectivity index (χ4n) is 2.84. The maximum atomic E-state index is 13.0. The summed E-state index contributed by atoms with van der Waals surface area (Å²) in [6, 6.07) is 13.9. The molecule has 0 aliphatic carbocycles. The smallest absolute Gasteiger partial charge is 0.374 e. The van der Waals surface area contributed by atoms with Gasteiger partial charge in [-0.3, -0.25) is 4.90 Å². The van der Waals surface area contributed by atoms with Gasteiger partial charge >= 0.3 is 5.97 Å². The first-order valence-corrected chi connectivity index (χ1v) is 8.19. The van der Waals surface area contributed by atoms with Crippen LogP contribution in [0.2, 0.25) is 0 Å². The molecule has 0 fully saturated rings. The Balaban J connectivity index is 1.87. The summed E-state index contributed by atoms with van der Waals surface area (Å²) in [6.45, 7) is 3.20. The third-order valence-corrected chi connectivity index (χ3v) is 3.95. The molecular weight excluding hydrogens is 321 g/mol. The number of halogens is 1. The van der Waals surface area contributed by atoms with E-state index < -0.39 is 5.97 Å². The molecule has 0 aliphatic heterocycles. The van der Waals surface area contributed by atoms with Gasteiger partial charge in [0.2, 0.25) is 5.76 Å². The summed E-state index contributed by atoms with van der Waals surface area (Å²) >= 11 is 0. The maximum Gasteiger partial charge on any atom is 0.374 e. The number of hydrogen-bond donors (Lipinski definition) is 0. The van der Waals surface area contributed by atoms with Gasteiger partial charge in [-0.2, -0.15) is 0 Å². The number of ether oxygens (including phenoxy) is 1. The van der Waals surface area contributed by atoms with Crippen molar-refractivity contribution in [1.82, 2.24) is 4.90 Å². The second-order valence-corrected chi connectivity index (χ2v) is 5.93. The lowest BCUT2D eigenvalue weighted by molar-refractivity contribution is 0.0489. The highest BCUT2D eigenvalue weighted by atomic mass is 19.1. The Hall–Kier alpha value is -2.66. The van der Waals surface area contributed by atoms with Crippen molar-refractivity contribution in [2.75, 3.05) is 13.7 Å². The van der Waals surface area contributed by atoms with Crippen LogP contribution in [-0.2, 0) is 17.8 Å². The normalized spacial score (nSPS) is 11.2. The summed E-state index contributed by atoms with van der Waals surface area (Å²) in [6.07, 6.45) is 0. The van der Waals surface area contributed by atoms with Crippen molar-refractivity contribution in [3.63, 3.8) is 0 Å². The average molecular weight is 341 g/mol. The molecule has 0 aliphatic rings. The van der Waals surface area contributed by atoms with Crippen LogP contribution in [0.3, 0.4) is 0 Å². The monoisotopic (exact) mass is 341 g/mol. The fraction of sp³-hybridized carbons (Fsp3) is 0.250. The molecule has 3 rings (SSSR count). The Morgan fingerprint density at radius 3 is 2.56 bits per heavy atom. The van der Waals surface area contributed by atoms with Crippen molar-refractivity contribution in [3.8, 4) is 0 Å². The van der Waals surface area contributed by atoms with Crippen molar-refractivity contribution in [2.45, 2.75) is 20.0 Å². The zero-order chi connectivity index (χ0) is 17.8. The van der Waals surface area contributed by atoms with Gasteiger partial charge in [0.05, 0.1) is 6.61 Å². The van der Waals surface area contributed by atoms with Crippen LogP contribution in [0.1, 0.15) is 28.6 Å². The number of fused-ring (bicyclic) bond motifs is 1. The maximum absolute atomic E-state index is 13.0. The zero-order valence-corrected chi connectivity index (χ0v) is 14.3. The van der Waals surface area contributed by atoms with Gasteiger partial charge in [0.15, 0.2) is 0 Å². The number of carbonyl (C=O) groups is 1. The van der Waals surface area contributed by atoms with E-state index in [0.717, 1.165) is 16.5 Å². The lowest BCUT2D eigenvalue weighted by Crippen LogP contribution is -2.19. The quantitative estimate of drug-likeness (QED) is 0.624. The second kappa shape index (κ2) is 7.49. The molecule has 3 aromatic rings. The molecule has 25 heavy (non-hydrogen) atoms. The van der Waals surface area contributed by atoms with E-state index in [-0.39, 0.29) is 11.6 Å². The third-order valence-electron chi connectivity index (χ3n) is 3.95. The van der Waals surface area contributed by atoms with Gasteiger partial charge in [0.25, 0.3) is 0 Å². The molecule has 4 nitrogen and oxygen atoms in total. The first kappa shape index (κ1) is 17.2. The minimum atomic E-state index is -0.455. The molecule has 130 valence electrons. The van der Waals surface area contributed by atoms with Gasteiger partial charge in [-0.05, 0) is 37.7 Å². The minimum absolute atomic E-state index is 0.244. The first-order valence-electron chi connectivity index (χ1n) is 8.19. The van der Waals surface area contributed by atoms with E-state index in [1.165, 1.54) is 12.1 Å². The molecule has 1 aromatic heterocycles. The van der Waals surface area contributed by atoms with Crippen molar-refractivity contribution >= 4 is 16.9 Å². The molecule has 0 atom stereocenters. The molecular formula is C20H20FNO3. The Morgan fingerprint density at radius 1 is 1.12 bits per heavy atom. The lowest BCUT2D eigenvalue weighted by Gasteiger charge is -2.17. The number of nitrogens with zero attached hydrogens (tertiary/aromatic N) is 1. The summed E-state index contributed by atoms with van der Waals surface area (Å²) in [5, 5.41) is 0.900. The van der Waals surface area contributed by atoms with Gasteiger partial charge < -0.3 is 9.15 Å². The average Bonchev–Trinajstić information content (AvgIpc) is 2.96. The number of rotatable bonds is 6. The Labute approximate surface area is 145 Å². The largest absolute Gasteiger partial charge is 0.460 e. The molecule has 0 amide bonds. The molecule has 0 unspecified atom stereocenters. The van der Waals surface area contributed by atoms with Crippen molar-refractivity contribution in [1.29, 1.82) is 0 Å². The molecule has 0 radical (unpaired) electrons. The van der Waals surface area contributed by atoms with Crippen LogP contribution < -0.4 is 0 Å². The predicted octanol–water partition coefficient (Wildman–Crippen LogP) is 4.38. The summed E-state index contributed by atoms with van der Waals surface area (Å²) in [4.78, 5) is 14.3. The van der Waals surface area contributed by atoms with Gasteiger partial charge in [0, 0.05) is 24.0 Å². The number of furan rings is 1. The number of para-hydroxylation sites is 1. The number of carbonyl (C=O) groups excluding carboxylic acids is 1. The van der Waals surface area contributed by atoms with Crippen molar-refractivity contribution < 1.29 is 18.3 Å². The van der Waals surface area contributed by atoms with Crippen molar-refractivity contribution in [2.24, 2.45) is 0 Å². The summed E-state index contributed by atoms with van der Waals surface area (Å²) in [5.41, 5.74) is 2.46. The Morgan fingerprint density at radius 2 is 1.84 bits per heavy atom. The molecule has 1 heterocycles. The first-order chi connectivity index (χ1) is 12.1. The van der Waals surface area contributed by atoms with Crippen LogP contribution in [0.25, 0.3) is 11.0 Å². The standard InChI is InChI=1S/C20H20FNO3/c1-3-24-20(23)19-17(16-6-4-5-7-18(16)25-19)13-22(2)12-14-8-10-15(21)11-9-14/h4-11H,3,12-13H2,1-2H3. The van der Waals surface area contributed by atoms with Gasteiger partial charge in [0.1, 0.15) is 11.4 Å². The molecule has 5 heteroatoms. The fourth-order valence-corrected chi connectivity index (χ4v) is 2.84. The Kier molecular flexibility index (Phi) is 5.14. The van der Waals surface area contributed by atoms with Gasteiger partial charge in [-0.1, -0.05) is 30.3 Å². The van der Waals surface area contributed by atoms with Crippen LogP contribution in [0.4, 0.5) is 4.39 Å². The second-order valence-electron chi connectivity index (χ2n) is 5.93. The number of benzene rings is 2. The SMILES string of the molecule is CCOC(=O)c1oc2ccccc2c1CN(C)Cc1ccc(F)cc1. The van der Waals surface area contributed by atoms with Gasteiger partial charge in [-0.15, -0.1) is 0 Å². The molecule has 0 saturated heterocycles. The van der Waals surface area contributed by atoms with E-state index >= 15 is 0 Å². The van der Waals surface area contributed by atoms with E-state index in [1.54, 1.807) is 19.1 Å². The lowest BCUT2D eigenvalue weighted by atomic mass is 10.1.